The lowest BCUT2D eigenvalue weighted by Gasteiger charge is -2.37. The fourth-order valence-corrected chi connectivity index (χ4v) is 2.24. The van der Waals surface area contributed by atoms with Crippen LogP contribution in [0, 0.1) is 12.7 Å². The van der Waals surface area contributed by atoms with E-state index in [1.54, 1.807) is 19.9 Å². The summed E-state index contributed by atoms with van der Waals surface area (Å²) in [5.74, 6) is -0.661. The van der Waals surface area contributed by atoms with Crippen molar-refractivity contribution in [3.8, 4) is 0 Å². The second kappa shape index (κ2) is 4.99. The van der Waals surface area contributed by atoms with Crippen molar-refractivity contribution >= 4 is 17.5 Å². The van der Waals surface area contributed by atoms with Gasteiger partial charge in [0.25, 0.3) is 0 Å². The molecule has 0 saturated carbocycles. The largest absolute Gasteiger partial charge is 0.343 e. The molecule has 2 rings (SSSR count). The molecule has 5 heteroatoms. The molecular formula is C14H17FN2O2. The van der Waals surface area contributed by atoms with Gasteiger partial charge in [0.05, 0.1) is 0 Å². The number of benzene rings is 1. The zero-order chi connectivity index (χ0) is 14.2. The molecule has 1 aromatic rings. The predicted octanol–water partition coefficient (Wildman–Crippen LogP) is 1.76. The lowest BCUT2D eigenvalue weighted by Crippen LogP contribution is -2.62. The number of nitrogens with one attached hydrogen (secondary N) is 1. The van der Waals surface area contributed by atoms with Gasteiger partial charge in [-0.1, -0.05) is 6.92 Å². The van der Waals surface area contributed by atoms with Gasteiger partial charge < -0.3 is 5.32 Å². The van der Waals surface area contributed by atoms with Gasteiger partial charge in [0.1, 0.15) is 17.9 Å². The molecule has 1 aliphatic rings. The number of halogens is 1. The van der Waals surface area contributed by atoms with Crippen LogP contribution >= 0.6 is 0 Å². The van der Waals surface area contributed by atoms with Gasteiger partial charge in [-0.2, -0.15) is 0 Å². The van der Waals surface area contributed by atoms with E-state index in [9.17, 15) is 14.0 Å². The van der Waals surface area contributed by atoms with Gasteiger partial charge in [-0.3, -0.25) is 14.5 Å². The van der Waals surface area contributed by atoms with Crippen LogP contribution in [-0.2, 0) is 9.59 Å². The van der Waals surface area contributed by atoms with Crippen molar-refractivity contribution in [1.29, 1.82) is 0 Å². The van der Waals surface area contributed by atoms with E-state index < -0.39 is 12.1 Å². The Morgan fingerprint density at radius 3 is 2.63 bits per heavy atom. The second-order valence-electron chi connectivity index (χ2n) is 4.79. The molecule has 102 valence electrons. The predicted molar refractivity (Wildman–Crippen MR) is 70.3 cm³/mol. The van der Waals surface area contributed by atoms with E-state index in [1.807, 2.05) is 6.92 Å². The van der Waals surface area contributed by atoms with E-state index in [2.05, 4.69) is 5.32 Å². The van der Waals surface area contributed by atoms with Crippen molar-refractivity contribution in [3.05, 3.63) is 29.6 Å². The number of hydrogen-bond acceptors (Lipinski definition) is 2. The summed E-state index contributed by atoms with van der Waals surface area (Å²) in [6.07, 6.45) is 0.536. The summed E-state index contributed by atoms with van der Waals surface area (Å²) < 4.78 is 13.3. The first-order chi connectivity index (χ1) is 8.95. The summed E-state index contributed by atoms with van der Waals surface area (Å²) in [5.41, 5.74) is 1.02. The van der Waals surface area contributed by atoms with Gasteiger partial charge in [-0.05, 0) is 44.0 Å². The molecule has 2 unspecified atom stereocenters. The maximum atomic E-state index is 13.3. The molecule has 0 bridgehead atoms. The van der Waals surface area contributed by atoms with Crippen molar-refractivity contribution in [2.75, 3.05) is 4.90 Å². The number of rotatable bonds is 2. The molecule has 4 nitrogen and oxygen atoms in total. The molecule has 1 aliphatic heterocycles. The smallest absolute Gasteiger partial charge is 0.250 e. The Morgan fingerprint density at radius 1 is 1.37 bits per heavy atom. The Labute approximate surface area is 111 Å². The van der Waals surface area contributed by atoms with Crippen LogP contribution in [0.3, 0.4) is 0 Å². The first kappa shape index (κ1) is 13.5. The van der Waals surface area contributed by atoms with Gasteiger partial charge in [0, 0.05) is 5.69 Å². The van der Waals surface area contributed by atoms with Gasteiger partial charge in [-0.25, -0.2) is 4.39 Å². The Bertz CT molecular complexity index is 530. The normalized spacial score (nSPS) is 23.5. The molecule has 1 aromatic carbocycles. The molecule has 0 spiro atoms. The van der Waals surface area contributed by atoms with Gasteiger partial charge >= 0.3 is 0 Å². The summed E-state index contributed by atoms with van der Waals surface area (Å²) in [6, 6.07) is 3.35. The second-order valence-corrected chi connectivity index (χ2v) is 4.79. The third-order valence-electron chi connectivity index (χ3n) is 3.45. The number of nitrogens with zero attached hydrogens (tertiary/aromatic N) is 1. The van der Waals surface area contributed by atoms with Crippen LogP contribution in [0.2, 0.25) is 0 Å². The highest BCUT2D eigenvalue weighted by molar-refractivity contribution is 6.08. The van der Waals surface area contributed by atoms with Crippen LogP contribution in [-0.4, -0.2) is 23.9 Å². The molecule has 1 fully saturated rings. The fraction of sp³-hybridized carbons (Fsp3) is 0.429. The molecule has 0 aliphatic carbocycles. The Balaban J connectivity index is 2.41. The number of carbonyl (C=O) groups excluding carboxylic acids is 2. The van der Waals surface area contributed by atoms with Crippen molar-refractivity contribution in [2.45, 2.75) is 39.3 Å². The first-order valence-electron chi connectivity index (χ1n) is 6.35. The minimum atomic E-state index is -0.583. The summed E-state index contributed by atoms with van der Waals surface area (Å²) in [6.45, 7) is 5.14. The minimum Gasteiger partial charge on any atom is -0.343 e. The van der Waals surface area contributed by atoms with E-state index in [1.165, 1.54) is 17.0 Å². The van der Waals surface area contributed by atoms with Gasteiger partial charge in [0.15, 0.2) is 0 Å². The maximum absolute atomic E-state index is 13.3. The average Bonchev–Trinajstić information content (AvgIpc) is 2.38. The SMILES string of the molecule is CCC1NC(=O)C(C)N(c2ccc(F)c(C)c2)C1=O. The number of carbonyl (C=O) groups is 2. The topological polar surface area (TPSA) is 49.4 Å². The summed E-state index contributed by atoms with van der Waals surface area (Å²) in [7, 11) is 0. The Hall–Kier alpha value is -1.91. The number of piperazine rings is 1. The van der Waals surface area contributed by atoms with Crippen LogP contribution in [0.25, 0.3) is 0 Å². The third-order valence-corrected chi connectivity index (χ3v) is 3.45. The third kappa shape index (κ3) is 2.32. The number of aryl methyl sites for hydroxylation is 1. The highest BCUT2D eigenvalue weighted by Gasteiger charge is 2.38. The zero-order valence-corrected chi connectivity index (χ0v) is 11.2. The number of hydrogen-bond donors (Lipinski definition) is 1. The summed E-state index contributed by atoms with van der Waals surface area (Å²) in [5, 5.41) is 2.69. The van der Waals surface area contributed by atoms with Crippen molar-refractivity contribution in [3.63, 3.8) is 0 Å². The van der Waals surface area contributed by atoms with E-state index in [-0.39, 0.29) is 17.6 Å². The molecule has 19 heavy (non-hydrogen) atoms. The molecule has 0 aromatic heterocycles. The van der Waals surface area contributed by atoms with Crippen molar-refractivity contribution in [1.82, 2.24) is 5.32 Å². The summed E-state index contributed by atoms with van der Waals surface area (Å²) >= 11 is 0. The Morgan fingerprint density at radius 2 is 2.05 bits per heavy atom. The van der Waals surface area contributed by atoms with Crippen LogP contribution in [0.15, 0.2) is 18.2 Å². The quantitative estimate of drug-likeness (QED) is 0.885. The van der Waals surface area contributed by atoms with Crippen molar-refractivity contribution in [2.24, 2.45) is 0 Å². The summed E-state index contributed by atoms with van der Waals surface area (Å²) in [4.78, 5) is 25.6. The average molecular weight is 264 g/mol. The van der Waals surface area contributed by atoms with E-state index in [0.29, 0.717) is 17.7 Å². The van der Waals surface area contributed by atoms with Crippen LogP contribution in [0.4, 0.5) is 10.1 Å². The minimum absolute atomic E-state index is 0.152. The van der Waals surface area contributed by atoms with E-state index in [0.717, 1.165) is 0 Å². The van der Waals surface area contributed by atoms with Crippen LogP contribution in [0.5, 0.6) is 0 Å². The highest BCUT2D eigenvalue weighted by atomic mass is 19.1. The zero-order valence-electron chi connectivity index (χ0n) is 11.2. The first-order valence-corrected chi connectivity index (χ1v) is 6.35. The number of anilines is 1. The highest BCUT2D eigenvalue weighted by Crippen LogP contribution is 2.24. The molecule has 1 saturated heterocycles. The molecule has 2 amide bonds. The van der Waals surface area contributed by atoms with Gasteiger partial charge in [0.2, 0.25) is 11.8 Å². The fourth-order valence-electron chi connectivity index (χ4n) is 2.24. The van der Waals surface area contributed by atoms with E-state index >= 15 is 0 Å². The molecule has 2 atom stereocenters. The standard InChI is InChI=1S/C14H17FN2O2/c1-4-12-14(19)17(9(3)13(18)16-12)10-5-6-11(15)8(2)7-10/h5-7,9,12H,4H2,1-3H3,(H,16,18). The Kier molecular flexibility index (Phi) is 3.55. The number of amides is 2. The monoisotopic (exact) mass is 264 g/mol. The molecule has 0 radical (unpaired) electrons. The maximum Gasteiger partial charge on any atom is 0.250 e. The molecule has 1 N–H and O–H groups in total. The van der Waals surface area contributed by atoms with Crippen LogP contribution < -0.4 is 10.2 Å². The molecular weight excluding hydrogens is 247 g/mol. The van der Waals surface area contributed by atoms with Gasteiger partial charge in [-0.15, -0.1) is 0 Å². The lowest BCUT2D eigenvalue weighted by molar-refractivity contribution is -0.133. The molecule has 1 heterocycles. The lowest BCUT2D eigenvalue weighted by atomic mass is 10.0. The van der Waals surface area contributed by atoms with Crippen LogP contribution in [0.1, 0.15) is 25.8 Å². The van der Waals surface area contributed by atoms with E-state index in [4.69, 9.17) is 0 Å². The van der Waals surface area contributed by atoms with Crippen molar-refractivity contribution < 1.29 is 14.0 Å².